The number of nitrogens with one attached hydrogen (secondary N) is 3. The number of nitrogens with zero attached hydrogens (tertiary/aromatic N) is 3. The van der Waals surface area contributed by atoms with Crippen LogP contribution >= 0.6 is 11.6 Å². The summed E-state index contributed by atoms with van der Waals surface area (Å²) >= 11 is 6.33. The van der Waals surface area contributed by atoms with E-state index in [4.69, 9.17) is 21.1 Å². The summed E-state index contributed by atoms with van der Waals surface area (Å²) in [5.74, 6) is 0.853. The molecule has 4 heterocycles. The number of ether oxygens (including phenoxy) is 2. The van der Waals surface area contributed by atoms with Crippen LogP contribution in [-0.2, 0) is 13.0 Å². The summed E-state index contributed by atoms with van der Waals surface area (Å²) in [6, 6.07) is 7.23. The first kappa shape index (κ1) is 21.7. The van der Waals surface area contributed by atoms with Crippen LogP contribution in [-0.4, -0.2) is 39.5 Å². The molecule has 1 amide bonds. The Bertz CT molecular complexity index is 1340. The van der Waals surface area contributed by atoms with Gasteiger partial charge >= 0.3 is 0 Å². The summed E-state index contributed by atoms with van der Waals surface area (Å²) < 4.78 is 11.5. The molecule has 0 fully saturated rings. The summed E-state index contributed by atoms with van der Waals surface area (Å²) in [6.07, 6.45) is 8.84. The lowest BCUT2D eigenvalue weighted by atomic mass is 10.0. The van der Waals surface area contributed by atoms with Crippen molar-refractivity contribution in [3.63, 3.8) is 0 Å². The van der Waals surface area contributed by atoms with Gasteiger partial charge in [-0.15, -0.1) is 0 Å². The van der Waals surface area contributed by atoms with E-state index in [1.807, 2.05) is 18.2 Å². The van der Waals surface area contributed by atoms with E-state index in [1.54, 1.807) is 44.2 Å². The lowest BCUT2D eigenvalue weighted by molar-refractivity contribution is 0.0947. The second-order valence-electron chi connectivity index (χ2n) is 7.54. The predicted octanol–water partition coefficient (Wildman–Crippen LogP) is 4.14. The molecule has 0 unspecified atom stereocenters. The van der Waals surface area contributed by atoms with Crippen molar-refractivity contribution in [3.8, 4) is 22.8 Å². The Morgan fingerprint density at radius 2 is 2.03 bits per heavy atom. The third kappa shape index (κ3) is 4.13. The van der Waals surface area contributed by atoms with Gasteiger partial charge in [0, 0.05) is 42.8 Å². The molecule has 172 valence electrons. The molecule has 0 saturated carbocycles. The van der Waals surface area contributed by atoms with Crippen LogP contribution in [0.2, 0.25) is 5.02 Å². The third-order valence-corrected chi connectivity index (χ3v) is 5.74. The lowest BCUT2D eigenvalue weighted by Gasteiger charge is -2.17. The van der Waals surface area contributed by atoms with Crippen molar-refractivity contribution >= 4 is 28.9 Å². The molecule has 3 aromatic heterocycles. The van der Waals surface area contributed by atoms with Crippen molar-refractivity contribution < 1.29 is 14.3 Å². The predicted molar refractivity (Wildman–Crippen MR) is 128 cm³/mol. The maximum atomic E-state index is 12.9. The van der Waals surface area contributed by atoms with Crippen LogP contribution in [0.4, 0.5) is 11.4 Å². The zero-order chi connectivity index (χ0) is 23.5. The Morgan fingerprint density at radius 1 is 1.15 bits per heavy atom. The average molecular weight is 477 g/mol. The summed E-state index contributed by atoms with van der Waals surface area (Å²) in [5.41, 5.74) is 4.73. The first-order valence-electron chi connectivity index (χ1n) is 10.6. The molecule has 0 aliphatic carbocycles. The molecule has 0 radical (unpaired) electrons. The molecule has 9 nitrogen and oxygen atoms in total. The number of carbonyl (C=O) groups is 1. The third-order valence-electron chi connectivity index (χ3n) is 5.44. The van der Waals surface area contributed by atoms with Gasteiger partial charge < -0.3 is 25.1 Å². The number of aromatic nitrogens is 4. The minimum Gasteiger partial charge on any atom is -0.493 e. The van der Waals surface area contributed by atoms with Crippen LogP contribution in [0, 0.1) is 0 Å². The van der Waals surface area contributed by atoms with Crippen LogP contribution in [0.1, 0.15) is 21.7 Å². The van der Waals surface area contributed by atoms with Gasteiger partial charge in [-0.3, -0.25) is 19.7 Å². The number of hydrogen-bond donors (Lipinski definition) is 3. The van der Waals surface area contributed by atoms with E-state index in [0.717, 1.165) is 11.3 Å². The summed E-state index contributed by atoms with van der Waals surface area (Å²) in [5, 5.41) is 6.74. The number of fused-ring (bicyclic) bond motifs is 1. The van der Waals surface area contributed by atoms with Gasteiger partial charge in [-0.25, -0.2) is 0 Å². The minimum atomic E-state index is -0.164. The van der Waals surface area contributed by atoms with E-state index < -0.39 is 0 Å². The van der Waals surface area contributed by atoms with Crippen LogP contribution in [0.15, 0.2) is 55.2 Å². The number of hydrogen-bond acceptors (Lipinski definition) is 7. The SMILES string of the molecule is COc1c(Cl)cccc1Nc1c(-c2ccncc2OCc2cnccn2)[nH]c2c1C(=O)NCC2. The number of aromatic amines is 1. The second-order valence-corrected chi connectivity index (χ2v) is 7.94. The molecule has 10 heteroatoms. The van der Waals surface area contributed by atoms with Gasteiger partial charge in [0.25, 0.3) is 5.91 Å². The Labute approximate surface area is 200 Å². The highest BCUT2D eigenvalue weighted by Crippen LogP contribution is 2.42. The van der Waals surface area contributed by atoms with Crippen molar-refractivity contribution in [1.29, 1.82) is 0 Å². The Kier molecular flexibility index (Phi) is 6.01. The molecule has 3 N–H and O–H groups in total. The van der Waals surface area contributed by atoms with E-state index in [-0.39, 0.29) is 12.5 Å². The van der Waals surface area contributed by atoms with E-state index in [9.17, 15) is 4.79 Å². The van der Waals surface area contributed by atoms with Gasteiger partial charge in [0.1, 0.15) is 12.4 Å². The normalized spacial score (nSPS) is 12.6. The fourth-order valence-corrected chi connectivity index (χ4v) is 4.17. The zero-order valence-electron chi connectivity index (χ0n) is 18.3. The number of benzene rings is 1. The number of methoxy groups -OCH3 is 1. The summed E-state index contributed by atoms with van der Waals surface area (Å²) in [4.78, 5) is 28.8. The molecule has 4 aromatic rings. The van der Waals surface area contributed by atoms with E-state index in [2.05, 4.69) is 30.6 Å². The topological polar surface area (TPSA) is 114 Å². The van der Waals surface area contributed by atoms with Crippen molar-refractivity contribution in [2.24, 2.45) is 0 Å². The maximum Gasteiger partial charge on any atom is 0.255 e. The number of rotatable bonds is 7. The summed E-state index contributed by atoms with van der Waals surface area (Å²) in [7, 11) is 1.55. The first-order chi connectivity index (χ1) is 16.7. The minimum absolute atomic E-state index is 0.164. The first-order valence-corrected chi connectivity index (χ1v) is 11.0. The van der Waals surface area contributed by atoms with Gasteiger partial charge in [-0.2, -0.15) is 0 Å². The Hall–Kier alpha value is -4.11. The molecular weight excluding hydrogens is 456 g/mol. The van der Waals surface area contributed by atoms with Crippen molar-refractivity contribution in [2.75, 3.05) is 19.0 Å². The molecular formula is C24H21ClN6O3. The smallest absolute Gasteiger partial charge is 0.255 e. The average Bonchev–Trinajstić information content (AvgIpc) is 3.23. The van der Waals surface area contributed by atoms with Crippen LogP contribution < -0.4 is 20.1 Å². The quantitative estimate of drug-likeness (QED) is 0.367. The van der Waals surface area contributed by atoms with Crippen molar-refractivity contribution in [2.45, 2.75) is 13.0 Å². The highest BCUT2D eigenvalue weighted by molar-refractivity contribution is 6.32. The summed E-state index contributed by atoms with van der Waals surface area (Å²) in [6.45, 7) is 0.774. The molecule has 1 aliphatic rings. The number of anilines is 2. The monoisotopic (exact) mass is 476 g/mol. The fourth-order valence-electron chi connectivity index (χ4n) is 3.91. The van der Waals surface area contributed by atoms with Crippen LogP contribution in [0.5, 0.6) is 11.5 Å². The van der Waals surface area contributed by atoms with Gasteiger partial charge in [0.05, 0.1) is 52.9 Å². The standard InChI is InChI=1S/C24H21ClN6O3/c1-33-23-16(25)3-2-4-18(23)31-22-20-17(6-8-29-24(20)32)30-21(22)15-5-7-26-12-19(15)34-13-14-11-27-9-10-28-14/h2-5,7,9-12,30-31H,6,8,13H2,1H3,(H,29,32). The largest absolute Gasteiger partial charge is 0.493 e. The molecule has 1 aliphatic heterocycles. The lowest BCUT2D eigenvalue weighted by Crippen LogP contribution is -2.31. The van der Waals surface area contributed by atoms with Gasteiger partial charge in [-0.1, -0.05) is 17.7 Å². The number of halogens is 1. The van der Waals surface area contributed by atoms with Gasteiger partial charge in [-0.05, 0) is 18.2 Å². The van der Waals surface area contributed by atoms with Crippen LogP contribution in [0.25, 0.3) is 11.3 Å². The Morgan fingerprint density at radius 3 is 2.85 bits per heavy atom. The number of H-pyrrole nitrogens is 1. The number of carbonyl (C=O) groups excluding carboxylic acids is 1. The van der Waals surface area contributed by atoms with E-state index >= 15 is 0 Å². The van der Waals surface area contributed by atoms with E-state index in [1.165, 1.54) is 0 Å². The van der Waals surface area contributed by atoms with Gasteiger partial charge in [0.15, 0.2) is 5.75 Å². The molecule has 0 atom stereocenters. The van der Waals surface area contributed by atoms with Crippen molar-refractivity contribution in [1.82, 2.24) is 25.3 Å². The number of amides is 1. The zero-order valence-corrected chi connectivity index (χ0v) is 19.0. The van der Waals surface area contributed by atoms with Gasteiger partial charge in [0.2, 0.25) is 0 Å². The molecule has 34 heavy (non-hydrogen) atoms. The molecule has 0 bridgehead atoms. The van der Waals surface area contributed by atoms with E-state index in [0.29, 0.717) is 57.8 Å². The van der Waals surface area contributed by atoms with Crippen LogP contribution in [0.3, 0.4) is 0 Å². The molecule has 0 spiro atoms. The second kappa shape index (κ2) is 9.40. The molecule has 5 rings (SSSR count). The highest BCUT2D eigenvalue weighted by Gasteiger charge is 2.28. The number of para-hydroxylation sites is 1. The van der Waals surface area contributed by atoms with Crippen molar-refractivity contribution in [3.05, 3.63) is 77.2 Å². The number of pyridine rings is 1. The Balaban J connectivity index is 1.59. The maximum absolute atomic E-state index is 12.9. The highest BCUT2D eigenvalue weighted by atomic mass is 35.5. The molecule has 1 aromatic carbocycles. The molecule has 0 saturated heterocycles. The fraction of sp³-hybridized carbons (Fsp3) is 0.167.